The lowest BCUT2D eigenvalue weighted by atomic mass is 10.2. The Hall–Kier alpha value is -3.19. The minimum absolute atomic E-state index is 0.0611. The van der Waals surface area contributed by atoms with Crippen molar-refractivity contribution in [2.24, 2.45) is 0 Å². The molecule has 0 unspecified atom stereocenters. The molecule has 2 heterocycles. The van der Waals surface area contributed by atoms with E-state index in [2.05, 4.69) is 32.5 Å². The number of piperazine rings is 1. The molecule has 0 radical (unpaired) electrons. The van der Waals surface area contributed by atoms with Crippen LogP contribution in [0, 0.1) is 0 Å². The lowest BCUT2D eigenvalue weighted by molar-refractivity contribution is -0.124. The third-order valence-corrected chi connectivity index (χ3v) is 4.78. The molecule has 152 valence electrons. The highest BCUT2D eigenvalue weighted by Crippen LogP contribution is 2.14. The van der Waals surface area contributed by atoms with E-state index in [1.54, 1.807) is 12.3 Å². The number of benzene rings is 1. The standard InChI is InChI=1S/C22H27N5O2/c1-26-11-13-27(14-12-26)20-15-19(9-10-23-20)16-24-22(29)17-25-21(28)8-7-18-5-3-2-4-6-18/h2-10,15H,11-14,16-17H2,1H3,(H,24,29)(H,25,28)/b8-7+. The van der Waals surface area contributed by atoms with Crippen LogP contribution in [0.1, 0.15) is 11.1 Å². The summed E-state index contributed by atoms with van der Waals surface area (Å²) in [6.45, 7) is 4.26. The van der Waals surface area contributed by atoms with E-state index >= 15 is 0 Å². The van der Waals surface area contributed by atoms with Gasteiger partial charge in [-0.15, -0.1) is 0 Å². The molecule has 29 heavy (non-hydrogen) atoms. The summed E-state index contributed by atoms with van der Waals surface area (Å²) in [4.78, 5) is 32.9. The maximum absolute atomic E-state index is 12.0. The molecule has 7 nitrogen and oxygen atoms in total. The summed E-state index contributed by atoms with van der Waals surface area (Å²) in [5, 5.41) is 5.43. The number of carbonyl (C=O) groups excluding carboxylic acids is 2. The average molecular weight is 393 g/mol. The number of amides is 2. The first kappa shape index (κ1) is 20.5. The van der Waals surface area contributed by atoms with Gasteiger partial charge in [-0.25, -0.2) is 4.98 Å². The fourth-order valence-electron chi connectivity index (χ4n) is 3.00. The van der Waals surface area contributed by atoms with Crippen LogP contribution in [-0.2, 0) is 16.1 Å². The molecule has 1 aromatic carbocycles. The molecule has 0 saturated carbocycles. The lowest BCUT2D eigenvalue weighted by Gasteiger charge is -2.33. The molecule has 1 aromatic heterocycles. The minimum atomic E-state index is -0.301. The first-order valence-electron chi connectivity index (χ1n) is 9.76. The van der Waals surface area contributed by atoms with Gasteiger partial charge in [-0.1, -0.05) is 30.3 Å². The van der Waals surface area contributed by atoms with Crippen LogP contribution >= 0.6 is 0 Å². The Bertz CT molecular complexity index is 845. The lowest BCUT2D eigenvalue weighted by Crippen LogP contribution is -2.44. The van der Waals surface area contributed by atoms with Crippen molar-refractivity contribution in [1.29, 1.82) is 0 Å². The number of nitrogens with one attached hydrogen (secondary N) is 2. The van der Waals surface area contributed by atoms with Crippen molar-refractivity contribution in [1.82, 2.24) is 20.5 Å². The molecule has 2 aromatic rings. The molecule has 1 aliphatic rings. The highest BCUT2D eigenvalue weighted by Gasteiger charge is 2.15. The van der Waals surface area contributed by atoms with Crippen molar-refractivity contribution in [3.63, 3.8) is 0 Å². The molecule has 1 fully saturated rings. The molecular formula is C22H27N5O2. The largest absolute Gasteiger partial charge is 0.354 e. The van der Waals surface area contributed by atoms with Crippen LogP contribution < -0.4 is 15.5 Å². The Balaban J connectivity index is 1.42. The average Bonchev–Trinajstić information content (AvgIpc) is 2.76. The summed E-state index contributed by atoms with van der Waals surface area (Å²) in [6, 6.07) is 13.4. The zero-order valence-corrected chi connectivity index (χ0v) is 16.7. The molecule has 1 aliphatic heterocycles. The van der Waals surface area contributed by atoms with Crippen molar-refractivity contribution in [2.45, 2.75) is 6.54 Å². The molecule has 2 amide bonds. The van der Waals surface area contributed by atoms with Gasteiger partial charge in [-0.3, -0.25) is 9.59 Å². The predicted octanol–water partition coefficient (Wildman–Crippen LogP) is 1.28. The second-order valence-electron chi connectivity index (χ2n) is 7.05. The molecule has 2 N–H and O–H groups in total. The molecule has 0 atom stereocenters. The first-order chi connectivity index (χ1) is 14.1. The van der Waals surface area contributed by atoms with Crippen molar-refractivity contribution in [3.05, 3.63) is 65.9 Å². The van der Waals surface area contributed by atoms with E-state index in [1.165, 1.54) is 6.08 Å². The highest BCUT2D eigenvalue weighted by molar-refractivity contribution is 5.94. The minimum Gasteiger partial charge on any atom is -0.354 e. The van der Waals surface area contributed by atoms with Gasteiger partial charge in [0.25, 0.3) is 0 Å². The van der Waals surface area contributed by atoms with Gasteiger partial charge in [0.15, 0.2) is 0 Å². The highest BCUT2D eigenvalue weighted by atomic mass is 16.2. The normalized spacial score (nSPS) is 14.7. The summed E-state index contributed by atoms with van der Waals surface area (Å²) in [7, 11) is 2.12. The number of rotatable bonds is 7. The van der Waals surface area contributed by atoms with Gasteiger partial charge >= 0.3 is 0 Å². The van der Waals surface area contributed by atoms with E-state index in [0.717, 1.165) is 43.1 Å². The Morgan fingerprint density at radius 3 is 2.59 bits per heavy atom. The van der Waals surface area contributed by atoms with Crippen LogP contribution in [0.15, 0.2) is 54.7 Å². The van der Waals surface area contributed by atoms with Gasteiger partial charge in [0.1, 0.15) is 5.82 Å². The fourth-order valence-corrected chi connectivity index (χ4v) is 3.00. The number of hydrogen-bond donors (Lipinski definition) is 2. The van der Waals surface area contributed by atoms with Gasteiger partial charge in [0.05, 0.1) is 6.54 Å². The number of carbonyl (C=O) groups is 2. The maximum Gasteiger partial charge on any atom is 0.244 e. The number of hydrogen-bond acceptors (Lipinski definition) is 5. The van der Waals surface area contributed by atoms with Gasteiger partial charge in [0, 0.05) is 45.0 Å². The fraction of sp³-hybridized carbons (Fsp3) is 0.318. The molecule has 0 spiro atoms. The Kier molecular flexibility index (Phi) is 7.35. The topological polar surface area (TPSA) is 77.6 Å². The van der Waals surface area contributed by atoms with Crippen molar-refractivity contribution in [3.8, 4) is 0 Å². The van der Waals surface area contributed by atoms with Gasteiger partial charge in [0.2, 0.25) is 11.8 Å². The van der Waals surface area contributed by atoms with Crippen LogP contribution in [0.3, 0.4) is 0 Å². The smallest absolute Gasteiger partial charge is 0.244 e. The SMILES string of the molecule is CN1CCN(c2cc(CNC(=O)CNC(=O)/C=C/c3ccccc3)ccn2)CC1. The van der Waals surface area contributed by atoms with Gasteiger partial charge in [-0.2, -0.15) is 0 Å². The zero-order chi connectivity index (χ0) is 20.5. The second kappa shape index (κ2) is 10.4. The van der Waals surface area contributed by atoms with Gasteiger partial charge < -0.3 is 20.4 Å². The summed E-state index contributed by atoms with van der Waals surface area (Å²) < 4.78 is 0. The third-order valence-electron chi connectivity index (χ3n) is 4.78. The number of anilines is 1. The quantitative estimate of drug-likeness (QED) is 0.693. The number of nitrogens with zero attached hydrogens (tertiary/aromatic N) is 3. The predicted molar refractivity (Wildman–Crippen MR) is 114 cm³/mol. The van der Waals surface area contributed by atoms with E-state index in [0.29, 0.717) is 6.54 Å². The maximum atomic E-state index is 12.0. The third kappa shape index (κ3) is 6.73. The van der Waals surface area contributed by atoms with Crippen LogP contribution in [0.2, 0.25) is 0 Å². The summed E-state index contributed by atoms with van der Waals surface area (Å²) in [5.41, 5.74) is 1.92. The molecule has 0 aliphatic carbocycles. The van der Waals surface area contributed by atoms with E-state index in [4.69, 9.17) is 0 Å². The molecular weight excluding hydrogens is 366 g/mol. The number of likely N-dealkylation sites (N-methyl/N-ethyl adjacent to an activating group) is 1. The molecule has 7 heteroatoms. The Morgan fingerprint density at radius 2 is 1.83 bits per heavy atom. The Morgan fingerprint density at radius 1 is 1.07 bits per heavy atom. The monoisotopic (exact) mass is 393 g/mol. The van der Waals surface area contributed by atoms with Crippen LogP contribution in [0.4, 0.5) is 5.82 Å². The summed E-state index contributed by atoms with van der Waals surface area (Å²) in [5.74, 6) is 0.402. The number of aromatic nitrogens is 1. The molecule has 0 bridgehead atoms. The van der Waals surface area contributed by atoms with Crippen LogP contribution in [-0.4, -0.2) is 61.5 Å². The van der Waals surface area contributed by atoms with Crippen LogP contribution in [0.25, 0.3) is 6.08 Å². The second-order valence-corrected chi connectivity index (χ2v) is 7.05. The van der Waals surface area contributed by atoms with Crippen molar-refractivity contribution < 1.29 is 9.59 Å². The van der Waals surface area contributed by atoms with Crippen molar-refractivity contribution in [2.75, 3.05) is 44.7 Å². The van der Waals surface area contributed by atoms with E-state index in [1.807, 2.05) is 42.5 Å². The number of pyridine rings is 1. The van der Waals surface area contributed by atoms with Crippen molar-refractivity contribution >= 4 is 23.7 Å². The van der Waals surface area contributed by atoms with Crippen LogP contribution in [0.5, 0.6) is 0 Å². The van der Waals surface area contributed by atoms with E-state index < -0.39 is 0 Å². The summed E-state index contributed by atoms with van der Waals surface area (Å²) in [6.07, 6.45) is 4.91. The van der Waals surface area contributed by atoms with E-state index in [-0.39, 0.29) is 18.4 Å². The Labute approximate surface area is 171 Å². The zero-order valence-electron chi connectivity index (χ0n) is 16.7. The first-order valence-corrected chi connectivity index (χ1v) is 9.76. The van der Waals surface area contributed by atoms with Gasteiger partial charge in [-0.05, 0) is 36.4 Å². The molecule has 1 saturated heterocycles. The summed E-state index contributed by atoms with van der Waals surface area (Å²) >= 11 is 0. The van der Waals surface area contributed by atoms with E-state index in [9.17, 15) is 9.59 Å². The molecule has 3 rings (SSSR count).